The van der Waals surface area contributed by atoms with Crippen LogP contribution in [-0.2, 0) is 22.7 Å². The summed E-state index contributed by atoms with van der Waals surface area (Å²) in [5, 5.41) is 1.55. The van der Waals surface area contributed by atoms with E-state index in [0.717, 1.165) is 6.42 Å². The molecule has 0 saturated carbocycles. The van der Waals surface area contributed by atoms with Gasteiger partial charge in [0.25, 0.3) is 0 Å². The molecule has 2 aliphatic carbocycles. The zero-order valence-corrected chi connectivity index (χ0v) is 28.7. The van der Waals surface area contributed by atoms with Gasteiger partial charge in [-0.05, 0) is 67.3 Å². The second-order valence-corrected chi connectivity index (χ2v) is 21.0. The van der Waals surface area contributed by atoms with Crippen molar-refractivity contribution in [1.29, 1.82) is 0 Å². The summed E-state index contributed by atoms with van der Waals surface area (Å²) in [4.78, 5) is 0. The van der Waals surface area contributed by atoms with Crippen molar-refractivity contribution in [3.63, 3.8) is 0 Å². The monoisotopic (exact) mass is 580 g/mol. The molecule has 0 spiro atoms. The van der Waals surface area contributed by atoms with Crippen molar-refractivity contribution < 1.29 is 0 Å². The van der Waals surface area contributed by atoms with Gasteiger partial charge in [0.05, 0.1) is 13.5 Å². The van der Waals surface area contributed by atoms with Crippen molar-refractivity contribution in [3.05, 3.63) is 153 Å². The van der Waals surface area contributed by atoms with Gasteiger partial charge < -0.3 is 0 Å². The van der Waals surface area contributed by atoms with E-state index in [-0.39, 0.29) is 22.2 Å². The lowest BCUT2D eigenvalue weighted by molar-refractivity contribution is 0.519. The zero-order chi connectivity index (χ0) is 30.8. The summed E-state index contributed by atoms with van der Waals surface area (Å²) in [5.74, 6) is 0.215. The van der Waals surface area contributed by atoms with E-state index in [2.05, 4.69) is 170 Å². The number of benzene rings is 4. The SMILES string of the molecule is CC(C)(C)c1ccc2c(c1)-c1cc(C(C)(C)C)cc(C(c3ccccc3)(c3ccccc3)C3C=CC([Si](C)(C)C)=C3)c1C2. The van der Waals surface area contributed by atoms with Crippen LogP contribution in [0.2, 0.25) is 19.6 Å². The molecule has 0 heterocycles. The average molecular weight is 581 g/mol. The van der Waals surface area contributed by atoms with Crippen LogP contribution in [0.3, 0.4) is 0 Å². The third kappa shape index (κ3) is 5.10. The minimum Gasteiger partial charge on any atom is -0.0768 e. The van der Waals surface area contributed by atoms with E-state index in [1.807, 2.05) is 0 Å². The van der Waals surface area contributed by atoms with E-state index in [0.29, 0.717) is 0 Å². The second-order valence-electron chi connectivity index (χ2n) is 15.9. The first-order valence-electron chi connectivity index (χ1n) is 16.0. The summed E-state index contributed by atoms with van der Waals surface area (Å²) in [6, 6.07) is 35.1. The molecule has 1 unspecified atom stereocenters. The summed E-state index contributed by atoms with van der Waals surface area (Å²) in [6.45, 7) is 21.5. The van der Waals surface area contributed by atoms with E-state index >= 15 is 0 Å². The highest BCUT2D eigenvalue weighted by molar-refractivity contribution is 6.83. The molecule has 0 bridgehead atoms. The minimum atomic E-state index is -1.51. The molecule has 1 heteroatoms. The Morgan fingerprint density at radius 2 is 1.16 bits per heavy atom. The molecule has 6 rings (SSSR count). The third-order valence-electron chi connectivity index (χ3n) is 9.84. The van der Waals surface area contributed by atoms with E-state index in [4.69, 9.17) is 0 Å². The molecular formula is C42H48Si. The first-order valence-corrected chi connectivity index (χ1v) is 19.5. The van der Waals surface area contributed by atoms with Crippen LogP contribution in [0, 0.1) is 5.92 Å². The quantitative estimate of drug-likeness (QED) is 0.143. The molecule has 0 nitrogen and oxygen atoms in total. The maximum Gasteiger partial charge on any atom is 0.0771 e. The Morgan fingerprint density at radius 1 is 0.605 bits per heavy atom. The number of fused-ring (bicyclic) bond motifs is 3. The first-order chi connectivity index (χ1) is 20.2. The van der Waals surface area contributed by atoms with E-state index < -0.39 is 8.07 Å². The Morgan fingerprint density at radius 3 is 1.67 bits per heavy atom. The molecule has 0 amide bonds. The largest absolute Gasteiger partial charge is 0.0771 e. The molecule has 1 atom stereocenters. The summed E-state index contributed by atoms with van der Waals surface area (Å²) in [5.41, 5.74) is 12.5. The van der Waals surface area contributed by atoms with Gasteiger partial charge >= 0.3 is 0 Å². The molecule has 43 heavy (non-hydrogen) atoms. The number of allylic oxidation sites excluding steroid dienone is 4. The molecule has 220 valence electrons. The topological polar surface area (TPSA) is 0 Å². The highest BCUT2D eigenvalue weighted by Gasteiger charge is 2.46. The zero-order valence-electron chi connectivity index (χ0n) is 27.7. The maximum atomic E-state index is 2.63. The summed E-state index contributed by atoms with van der Waals surface area (Å²) < 4.78 is 0. The fourth-order valence-corrected chi connectivity index (χ4v) is 8.53. The molecule has 0 aromatic heterocycles. The van der Waals surface area contributed by atoms with Crippen molar-refractivity contribution in [2.24, 2.45) is 5.92 Å². The van der Waals surface area contributed by atoms with E-state index in [1.165, 1.54) is 50.1 Å². The predicted octanol–water partition coefficient (Wildman–Crippen LogP) is 11.2. The van der Waals surface area contributed by atoms with Gasteiger partial charge in [0, 0.05) is 5.92 Å². The highest BCUT2D eigenvalue weighted by Crippen LogP contribution is 2.54. The van der Waals surface area contributed by atoms with Crippen LogP contribution in [0.5, 0.6) is 0 Å². The van der Waals surface area contributed by atoms with Gasteiger partial charge in [0.2, 0.25) is 0 Å². The second kappa shape index (κ2) is 10.3. The van der Waals surface area contributed by atoms with E-state index in [1.54, 1.807) is 5.20 Å². The van der Waals surface area contributed by atoms with Crippen molar-refractivity contribution in [1.82, 2.24) is 0 Å². The molecule has 0 fully saturated rings. The lowest BCUT2D eigenvalue weighted by atomic mass is 9.60. The highest BCUT2D eigenvalue weighted by atomic mass is 28.3. The molecule has 2 aliphatic rings. The number of rotatable bonds is 5. The van der Waals surface area contributed by atoms with Gasteiger partial charge in [-0.1, -0.05) is 176 Å². The maximum absolute atomic E-state index is 2.63. The summed E-state index contributed by atoms with van der Waals surface area (Å²) in [6.07, 6.45) is 8.57. The molecular weight excluding hydrogens is 533 g/mol. The Kier molecular flexibility index (Phi) is 7.13. The van der Waals surface area contributed by atoms with Crippen LogP contribution in [0.15, 0.2) is 114 Å². The van der Waals surface area contributed by atoms with Gasteiger partial charge in [-0.15, -0.1) is 0 Å². The third-order valence-corrected chi connectivity index (χ3v) is 11.9. The van der Waals surface area contributed by atoms with Gasteiger partial charge in [0.1, 0.15) is 0 Å². The lowest BCUT2D eigenvalue weighted by Gasteiger charge is -2.42. The van der Waals surface area contributed by atoms with Crippen molar-refractivity contribution in [2.45, 2.75) is 83.8 Å². The predicted molar refractivity (Wildman–Crippen MR) is 189 cm³/mol. The van der Waals surface area contributed by atoms with Gasteiger partial charge in [0.15, 0.2) is 0 Å². The average Bonchev–Trinajstić information content (AvgIpc) is 3.59. The minimum absolute atomic E-state index is 0.0120. The molecule has 4 aromatic carbocycles. The van der Waals surface area contributed by atoms with Gasteiger partial charge in [-0.25, -0.2) is 0 Å². The Labute approximate surface area is 261 Å². The number of hydrogen-bond acceptors (Lipinski definition) is 0. The van der Waals surface area contributed by atoms with Crippen molar-refractivity contribution >= 4 is 8.07 Å². The normalized spacial score (nSPS) is 16.7. The Hall–Kier alpha value is -3.42. The van der Waals surface area contributed by atoms with E-state index in [9.17, 15) is 0 Å². The fraction of sp³-hybridized carbons (Fsp3) is 0.333. The van der Waals surface area contributed by atoms with Crippen molar-refractivity contribution in [2.75, 3.05) is 0 Å². The van der Waals surface area contributed by atoms with Crippen molar-refractivity contribution in [3.8, 4) is 11.1 Å². The smallest absolute Gasteiger partial charge is 0.0768 e. The standard InChI is InChI=1S/C42H48Si/c1-40(2,3)32-21-20-29-24-38-37(36(29)26-32)27-34(41(4,5)6)28-39(38)42(30-16-12-10-13-17-30,31-18-14-11-15-19-31)33-22-23-35(25-33)43(7,8)9/h10-23,25-28,33H,24H2,1-9H3. The van der Waals surface area contributed by atoms with Crippen LogP contribution in [-0.4, -0.2) is 8.07 Å². The molecule has 0 aliphatic heterocycles. The van der Waals surface area contributed by atoms with Gasteiger partial charge in [-0.3, -0.25) is 0 Å². The van der Waals surface area contributed by atoms with Crippen LogP contribution < -0.4 is 0 Å². The summed E-state index contributed by atoms with van der Waals surface area (Å²) in [7, 11) is -1.51. The molecule has 0 saturated heterocycles. The van der Waals surface area contributed by atoms with Crippen LogP contribution in [0.25, 0.3) is 11.1 Å². The van der Waals surface area contributed by atoms with Crippen LogP contribution in [0.4, 0.5) is 0 Å². The number of hydrogen-bond donors (Lipinski definition) is 0. The first kappa shape index (κ1) is 29.6. The molecule has 0 radical (unpaired) electrons. The molecule has 0 N–H and O–H groups in total. The van der Waals surface area contributed by atoms with Crippen LogP contribution >= 0.6 is 0 Å². The fourth-order valence-electron chi connectivity index (χ4n) is 7.25. The lowest BCUT2D eigenvalue weighted by Crippen LogP contribution is -2.37. The van der Waals surface area contributed by atoms with Gasteiger partial charge in [-0.2, -0.15) is 0 Å². The summed E-state index contributed by atoms with van der Waals surface area (Å²) >= 11 is 0. The Balaban J connectivity index is 1.75. The van der Waals surface area contributed by atoms with Crippen LogP contribution in [0.1, 0.15) is 80.5 Å². The molecule has 4 aromatic rings. The Bertz CT molecular complexity index is 1670.